The third-order valence-electron chi connectivity index (χ3n) is 2.02. The Bertz CT molecular complexity index is 404. The molecule has 72 valence electrons. The maximum Gasteiger partial charge on any atom is 0.187 e. The van der Waals surface area contributed by atoms with Crippen molar-refractivity contribution in [1.82, 2.24) is 4.48 Å². The quantitative estimate of drug-likeness (QED) is 0.491. The van der Waals surface area contributed by atoms with E-state index in [1.54, 1.807) is 6.07 Å². The van der Waals surface area contributed by atoms with Gasteiger partial charge in [-0.15, -0.1) is 0 Å². The molecule has 0 saturated heterocycles. The van der Waals surface area contributed by atoms with Gasteiger partial charge in [-0.05, 0) is 12.1 Å². The predicted octanol–water partition coefficient (Wildman–Crippen LogP) is 2.49. The third kappa shape index (κ3) is 2.00. The molecular weight excluding hydrogens is 242 g/mol. The molecule has 0 unspecified atom stereocenters. The molecule has 4 heteroatoms. The first-order chi connectivity index (χ1) is 6.51. The number of nitriles is 1. The number of benzene rings is 1. The van der Waals surface area contributed by atoms with Gasteiger partial charge in [0.15, 0.2) is 12.0 Å². The van der Waals surface area contributed by atoms with Crippen molar-refractivity contribution in [2.45, 2.75) is 0 Å². The van der Waals surface area contributed by atoms with Crippen LogP contribution in [-0.2, 0) is 0 Å². The van der Waals surface area contributed by atoms with Crippen molar-refractivity contribution in [1.29, 1.82) is 10.7 Å². The molecule has 1 N–H and O–H groups in total. The van der Waals surface area contributed by atoms with Gasteiger partial charge in [-0.25, -0.2) is 0 Å². The lowest BCUT2D eigenvalue weighted by atomic mass is 10.1. The second-order valence-electron chi connectivity index (χ2n) is 3.44. The number of quaternary nitrogens is 1. The average Bonchev–Trinajstić information content (AvgIpc) is 2.17. The molecule has 0 heterocycles. The zero-order valence-electron chi connectivity index (χ0n) is 8.08. The van der Waals surface area contributed by atoms with Crippen molar-refractivity contribution in [2.75, 3.05) is 14.1 Å². The fraction of sp³-hybridized carbons (Fsp3) is 0.200. The average molecular weight is 253 g/mol. The van der Waals surface area contributed by atoms with E-state index in [9.17, 15) is 0 Å². The van der Waals surface area contributed by atoms with Crippen LogP contribution < -0.4 is 4.48 Å². The highest BCUT2D eigenvalue weighted by Crippen LogP contribution is 2.25. The number of rotatable bonds is 2. The van der Waals surface area contributed by atoms with Crippen LogP contribution in [0.25, 0.3) is 0 Å². The van der Waals surface area contributed by atoms with Gasteiger partial charge >= 0.3 is 0 Å². The second-order valence-corrected chi connectivity index (χ2v) is 4.36. The smallest absolute Gasteiger partial charge is 0.187 e. The van der Waals surface area contributed by atoms with Gasteiger partial charge in [0.1, 0.15) is 11.6 Å². The van der Waals surface area contributed by atoms with E-state index >= 15 is 0 Å². The molecule has 0 aliphatic rings. The Morgan fingerprint density at radius 3 is 2.64 bits per heavy atom. The molecule has 1 rings (SSSR count). The molecule has 0 aromatic heterocycles. The lowest BCUT2D eigenvalue weighted by molar-refractivity contribution is 0.606. The molecule has 0 amide bonds. The van der Waals surface area contributed by atoms with Crippen LogP contribution in [-0.4, -0.2) is 20.4 Å². The lowest BCUT2D eigenvalue weighted by Crippen LogP contribution is -2.38. The van der Waals surface area contributed by atoms with Crippen LogP contribution in [0.4, 0.5) is 5.69 Å². The molecule has 0 radical (unpaired) electrons. The van der Waals surface area contributed by atoms with Crippen molar-refractivity contribution in [3.8, 4) is 6.07 Å². The normalized spacial score (nSPS) is 10.7. The Morgan fingerprint density at radius 2 is 2.14 bits per heavy atom. The highest BCUT2D eigenvalue weighted by atomic mass is 79.9. The van der Waals surface area contributed by atoms with Crippen LogP contribution in [0.2, 0.25) is 0 Å². The van der Waals surface area contributed by atoms with Crippen molar-refractivity contribution in [3.63, 3.8) is 0 Å². The minimum atomic E-state index is 0.274. The van der Waals surface area contributed by atoms with Crippen LogP contribution in [0.5, 0.6) is 0 Å². The molecule has 14 heavy (non-hydrogen) atoms. The summed E-state index contributed by atoms with van der Waals surface area (Å²) in [5, 5.41) is 16.2. The number of hydrogen-bond acceptors (Lipinski definition) is 2. The molecule has 1 aromatic carbocycles. The molecule has 0 aliphatic carbocycles. The monoisotopic (exact) mass is 252 g/mol. The molecule has 0 fully saturated rings. The van der Waals surface area contributed by atoms with Crippen LogP contribution in [0, 0.1) is 16.7 Å². The van der Waals surface area contributed by atoms with Gasteiger partial charge in [0.05, 0.1) is 14.1 Å². The first-order valence-electron chi connectivity index (χ1n) is 4.07. The van der Waals surface area contributed by atoms with E-state index in [4.69, 9.17) is 10.7 Å². The Hall–Kier alpha value is -1.18. The molecule has 0 bridgehead atoms. The van der Waals surface area contributed by atoms with Gasteiger partial charge in [0.2, 0.25) is 0 Å². The molecule has 0 spiro atoms. The maximum atomic E-state index is 8.95. The van der Waals surface area contributed by atoms with Crippen molar-refractivity contribution in [2.24, 2.45) is 0 Å². The van der Waals surface area contributed by atoms with Gasteiger partial charge in [-0.1, -0.05) is 15.9 Å². The zero-order valence-corrected chi connectivity index (χ0v) is 9.67. The van der Waals surface area contributed by atoms with E-state index in [1.807, 2.05) is 26.2 Å². The Morgan fingerprint density at radius 1 is 1.50 bits per heavy atom. The summed E-state index contributed by atoms with van der Waals surface area (Å²) in [5.74, 6) is 0. The second kappa shape index (κ2) is 3.91. The molecule has 0 atom stereocenters. The van der Waals surface area contributed by atoms with Crippen molar-refractivity contribution < 1.29 is 0 Å². The summed E-state index contributed by atoms with van der Waals surface area (Å²) in [6.45, 7) is 0. The highest BCUT2D eigenvalue weighted by Gasteiger charge is 2.20. The minimum Gasteiger partial charge on any atom is -0.257 e. The SMILES string of the molecule is C[N+](C)(C=N)c1ccc(Br)cc1C#N. The standard InChI is InChI=1S/C10H11BrN3/c1-14(2,7-13)10-4-3-9(11)5-8(10)6-12/h3-5,7,13H,1-2H3/q+1. The Labute approximate surface area is 91.8 Å². The van der Waals surface area contributed by atoms with Crippen molar-refractivity contribution in [3.05, 3.63) is 28.2 Å². The molecule has 0 aliphatic heterocycles. The summed E-state index contributed by atoms with van der Waals surface area (Å²) in [6.07, 6.45) is 1.30. The molecule has 3 nitrogen and oxygen atoms in total. The van der Waals surface area contributed by atoms with Gasteiger partial charge in [-0.3, -0.25) is 9.89 Å². The maximum absolute atomic E-state index is 8.95. The highest BCUT2D eigenvalue weighted by molar-refractivity contribution is 9.10. The third-order valence-corrected chi connectivity index (χ3v) is 2.52. The van der Waals surface area contributed by atoms with E-state index in [2.05, 4.69) is 22.0 Å². The zero-order chi connectivity index (χ0) is 10.8. The Balaban J connectivity index is 3.36. The predicted molar refractivity (Wildman–Crippen MR) is 61.3 cm³/mol. The largest absolute Gasteiger partial charge is 0.257 e. The van der Waals surface area contributed by atoms with Gasteiger partial charge in [-0.2, -0.15) is 5.26 Å². The molecular formula is C10H11BrN3+. The summed E-state index contributed by atoms with van der Waals surface area (Å²) in [5.41, 5.74) is 1.42. The van der Waals surface area contributed by atoms with Crippen molar-refractivity contribution >= 4 is 28.0 Å². The topological polar surface area (TPSA) is 47.6 Å². The Kier molecular flexibility index (Phi) is 3.04. The molecule has 1 aromatic rings. The van der Waals surface area contributed by atoms with Crippen LogP contribution >= 0.6 is 15.9 Å². The van der Waals surface area contributed by atoms with Gasteiger partial charge in [0.25, 0.3) is 0 Å². The van der Waals surface area contributed by atoms with Crippen LogP contribution in [0.1, 0.15) is 5.56 Å². The van der Waals surface area contributed by atoms with Crippen LogP contribution in [0.3, 0.4) is 0 Å². The fourth-order valence-corrected chi connectivity index (χ4v) is 1.53. The summed E-state index contributed by atoms with van der Waals surface area (Å²) in [4.78, 5) is 0. The lowest BCUT2D eigenvalue weighted by Gasteiger charge is -2.23. The van der Waals surface area contributed by atoms with E-state index < -0.39 is 0 Å². The van der Waals surface area contributed by atoms with Gasteiger partial charge in [0, 0.05) is 10.5 Å². The summed E-state index contributed by atoms with van der Waals surface area (Å²) >= 11 is 3.31. The number of halogens is 1. The number of hydrogen-bond donors (Lipinski definition) is 1. The first kappa shape index (κ1) is 10.9. The van der Waals surface area contributed by atoms with E-state index in [1.165, 1.54) is 6.34 Å². The fourth-order valence-electron chi connectivity index (χ4n) is 1.17. The van der Waals surface area contributed by atoms with E-state index in [-0.39, 0.29) is 4.48 Å². The number of nitrogens with one attached hydrogen (secondary N) is 1. The van der Waals surface area contributed by atoms with E-state index in [0.29, 0.717) is 5.56 Å². The summed E-state index contributed by atoms with van der Waals surface area (Å²) in [6, 6.07) is 7.62. The summed E-state index contributed by atoms with van der Waals surface area (Å²) in [7, 11) is 3.72. The molecule has 0 saturated carbocycles. The minimum absolute atomic E-state index is 0.274. The summed E-state index contributed by atoms with van der Waals surface area (Å²) < 4.78 is 1.15. The van der Waals surface area contributed by atoms with E-state index in [0.717, 1.165) is 10.2 Å². The number of nitrogens with zero attached hydrogens (tertiary/aromatic N) is 2. The first-order valence-corrected chi connectivity index (χ1v) is 4.86. The van der Waals surface area contributed by atoms with Gasteiger partial charge < -0.3 is 0 Å². The van der Waals surface area contributed by atoms with Crippen LogP contribution in [0.15, 0.2) is 22.7 Å².